The maximum Gasteiger partial charge on any atom is 0.191 e. The van der Waals surface area contributed by atoms with E-state index in [2.05, 4.69) is 64.6 Å². The molecule has 1 aromatic carbocycles. The zero-order chi connectivity index (χ0) is 19.3. The normalized spacial score (nSPS) is 26.6. The Labute approximate surface area is 196 Å². The fraction of sp³-hybridized carbons (Fsp3) is 0.682. The van der Waals surface area contributed by atoms with Crippen LogP contribution in [-0.2, 0) is 10.2 Å². The Balaban J connectivity index is 0.00000240. The molecule has 1 aromatic rings. The molecule has 1 saturated carbocycles. The number of hydrogen-bond donors (Lipinski definition) is 2. The van der Waals surface area contributed by atoms with E-state index in [1.807, 2.05) is 0 Å². The highest BCUT2D eigenvalue weighted by Crippen LogP contribution is 2.47. The summed E-state index contributed by atoms with van der Waals surface area (Å²) in [6.07, 6.45) is 3.75. The molecule has 3 aliphatic rings. The molecule has 3 fully saturated rings. The highest BCUT2D eigenvalue weighted by atomic mass is 127. The summed E-state index contributed by atoms with van der Waals surface area (Å²) in [5, 5.41) is 7.12. The predicted octanol–water partition coefficient (Wildman–Crippen LogP) is 3.10. The summed E-state index contributed by atoms with van der Waals surface area (Å²) in [7, 11) is 0. The summed E-state index contributed by atoms with van der Waals surface area (Å²) in [6.45, 7) is 8.65. The van der Waals surface area contributed by atoms with Gasteiger partial charge in [-0.15, -0.1) is 24.0 Å². The smallest absolute Gasteiger partial charge is 0.191 e. The average molecular weight is 531 g/mol. The van der Waals surface area contributed by atoms with Gasteiger partial charge in [0.1, 0.15) is 0 Å². The van der Waals surface area contributed by atoms with Crippen LogP contribution in [0.2, 0.25) is 0 Å². The van der Waals surface area contributed by atoms with E-state index >= 15 is 0 Å². The average Bonchev–Trinajstić information content (AvgIpc) is 3.40. The minimum Gasteiger partial charge on any atom is -0.379 e. The third-order valence-electron chi connectivity index (χ3n) is 6.47. The van der Waals surface area contributed by atoms with Crippen LogP contribution in [0.3, 0.4) is 0 Å². The number of thioether (sulfide) groups is 1. The molecule has 5 nitrogen and oxygen atoms in total. The number of nitrogens with one attached hydrogen (secondary N) is 2. The van der Waals surface area contributed by atoms with E-state index in [1.165, 1.54) is 36.3 Å². The van der Waals surface area contributed by atoms with Crippen molar-refractivity contribution >= 4 is 41.7 Å². The van der Waals surface area contributed by atoms with Crippen molar-refractivity contribution in [1.82, 2.24) is 15.5 Å². The maximum absolute atomic E-state index is 5.58. The highest BCUT2D eigenvalue weighted by Gasteiger charge is 2.44. The first-order valence-electron chi connectivity index (χ1n) is 10.7. The van der Waals surface area contributed by atoms with E-state index < -0.39 is 0 Å². The molecule has 1 aliphatic carbocycles. The number of guanidine groups is 1. The van der Waals surface area contributed by atoms with Crippen LogP contribution >= 0.6 is 35.7 Å². The van der Waals surface area contributed by atoms with E-state index in [-0.39, 0.29) is 29.5 Å². The lowest BCUT2D eigenvalue weighted by molar-refractivity contribution is -0.0104. The van der Waals surface area contributed by atoms with Crippen LogP contribution in [0.15, 0.2) is 35.3 Å². The molecule has 0 amide bonds. The SMILES string of the molecule is CCNC(=NCC1(N2CCOCC2)CCSC1)NCC1(c2ccccc2)CC1.I. The monoisotopic (exact) mass is 530 g/mol. The molecule has 0 spiro atoms. The van der Waals surface area contributed by atoms with E-state index in [0.29, 0.717) is 5.41 Å². The molecule has 0 bridgehead atoms. The minimum atomic E-state index is 0. The number of benzene rings is 1. The Bertz CT molecular complexity index is 656. The first-order chi connectivity index (χ1) is 13.8. The highest BCUT2D eigenvalue weighted by molar-refractivity contribution is 14.0. The molecule has 2 aliphatic heterocycles. The summed E-state index contributed by atoms with van der Waals surface area (Å²) in [5.41, 5.74) is 1.95. The molecular weight excluding hydrogens is 495 g/mol. The number of halogens is 1. The second-order valence-corrected chi connectivity index (χ2v) is 9.43. The number of ether oxygens (including phenoxy) is 1. The van der Waals surface area contributed by atoms with Crippen LogP contribution in [0.4, 0.5) is 0 Å². The van der Waals surface area contributed by atoms with Crippen LogP contribution in [-0.4, -0.2) is 73.8 Å². The van der Waals surface area contributed by atoms with Gasteiger partial charge in [-0.2, -0.15) is 11.8 Å². The molecule has 2 heterocycles. The van der Waals surface area contributed by atoms with Crippen LogP contribution in [0.25, 0.3) is 0 Å². The number of nitrogens with zero attached hydrogens (tertiary/aromatic N) is 2. The van der Waals surface area contributed by atoms with Crippen molar-refractivity contribution in [2.24, 2.45) is 4.99 Å². The van der Waals surface area contributed by atoms with Gasteiger partial charge in [0.2, 0.25) is 0 Å². The van der Waals surface area contributed by atoms with Crippen LogP contribution in [0.5, 0.6) is 0 Å². The molecule has 0 radical (unpaired) electrons. The first-order valence-corrected chi connectivity index (χ1v) is 11.9. The van der Waals surface area contributed by atoms with Crippen molar-refractivity contribution < 1.29 is 4.74 Å². The van der Waals surface area contributed by atoms with Crippen LogP contribution < -0.4 is 10.6 Å². The Morgan fingerprint density at radius 3 is 2.52 bits per heavy atom. The topological polar surface area (TPSA) is 48.9 Å². The minimum absolute atomic E-state index is 0. The molecule has 1 unspecified atom stereocenters. The van der Waals surface area contributed by atoms with Crippen molar-refractivity contribution in [3.05, 3.63) is 35.9 Å². The summed E-state index contributed by atoms with van der Waals surface area (Å²) < 4.78 is 5.58. The van der Waals surface area contributed by atoms with Crippen LogP contribution in [0.1, 0.15) is 31.7 Å². The summed E-state index contributed by atoms with van der Waals surface area (Å²) in [4.78, 5) is 7.70. The molecular formula is C22H35IN4OS. The maximum atomic E-state index is 5.58. The Kier molecular flexibility index (Phi) is 8.53. The van der Waals surface area contributed by atoms with Crippen molar-refractivity contribution in [2.75, 3.05) is 57.4 Å². The van der Waals surface area contributed by atoms with E-state index in [4.69, 9.17) is 9.73 Å². The van der Waals surface area contributed by atoms with Gasteiger partial charge in [-0.25, -0.2) is 0 Å². The van der Waals surface area contributed by atoms with Gasteiger partial charge < -0.3 is 15.4 Å². The Morgan fingerprint density at radius 1 is 1.14 bits per heavy atom. The van der Waals surface area contributed by atoms with Gasteiger partial charge in [0.25, 0.3) is 0 Å². The van der Waals surface area contributed by atoms with E-state index in [0.717, 1.165) is 51.9 Å². The molecule has 7 heteroatoms. The molecule has 4 rings (SSSR count). The fourth-order valence-electron chi connectivity index (χ4n) is 4.44. The first kappa shape index (κ1) is 23.2. The molecule has 1 atom stereocenters. The van der Waals surface area contributed by atoms with Gasteiger partial charge in [-0.1, -0.05) is 30.3 Å². The number of rotatable bonds is 7. The Hall–Kier alpha value is -0.510. The summed E-state index contributed by atoms with van der Waals surface area (Å²) in [6, 6.07) is 10.9. The number of hydrogen-bond acceptors (Lipinski definition) is 4. The van der Waals surface area contributed by atoms with Gasteiger partial charge in [0.05, 0.1) is 25.3 Å². The molecule has 29 heavy (non-hydrogen) atoms. The van der Waals surface area contributed by atoms with Gasteiger partial charge in [-0.05, 0) is 37.5 Å². The quantitative estimate of drug-likeness (QED) is 0.323. The zero-order valence-corrected chi connectivity index (χ0v) is 20.6. The lowest BCUT2D eigenvalue weighted by atomic mass is 9.95. The van der Waals surface area contributed by atoms with Gasteiger partial charge in [0, 0.05) is 37.3 Å². The van der Waals surface area contributed by atoms with Crippen molar-refractivity contribution in [1.29, 1.82) is 0 Å². The largest absolute Gasteiger partial charge is 0.379 e. The van der Waals surface area contributed by atoms with E-state index in [1.54, 1.807) is 0 Å². The molecule has 2 N–H and O–H groups in total. The number of morpholine rings is 1. The molecule has 162 valence electrons. The van der Waals surface area contributed by atoms with Crippen molar-refractivity contribution in [3.8, 4) is 0 Å². The summed E-state index contributed by atoms with van der Waals surface area (Å²) in [5.74, 6) is 3.40. The van der Waals surface area contributed by atoms with Gasteiger partial charge in [0.15, 0.2) is 5.96 Å². The second kappa shape index (κ2) is 10.7. The zero-order valence-electron chi connectivity index (χ0n) is 17.5. The third kappa shape index (κ3) is 5.60. The summed E-state index contributed by atoms with van der Waals surface area (Å²) >= 11 is 2.07. The molecule has 2 saturated heterocycles. The number of aliphatic imine (C=N–C) groups is 1. The second-order valence-electron chi connectivity index (χ2n) is 8.32. The van der Waals surface area contributed by atoms with Crippen molar-refractivity contribution in [3.63, 3.8) is 0 Å². The fourth-order valence-corrected chi connectivity index (χ4v) is 5.91. The molecule has 0 aromatic heterocycles. The van der Waals surface area contributed by atoms with Gasteiger partial charge in [-0.3, -0.25) is 9.89 Å². The van der Waals surface area contributed by atoms with Crippen molar-refractivity contribution in [2.45, 2.75) is 37.1 Å². The lowest BCUT2D eigenvalue weighted by Gasteiger charge is -2.42. The Morgan fingerprint density at radius 2 is 1.90 bits per heavy atom. The lowest BCUT2D eigenvalue weighted by Crippen LogP contribution is -2.56. The van der Waals surface area contributed by atoms with E-state index in [9.17, 15) is 0 Å². The third-order valence-corrected chi connectivity index (χ3v) is 7.71. The predicted molar refractivity (Wildman–Crippen MR) is 134 cm³/mol. The standard InChI is InChI=1S/C22H34N4OS.HI/c1-2-23-20(24-16-21(8-9-21)19-6-4-3-5-7-19)25-17-22(10-15-28-18-22)26-11-13-27-14-12-26;/h3-7H,2,8-18H2,1H3,(H2,23,24,25);1H. The van der Waals surface area contributed by atoms with Gasteiger partial charge >= 0.3 is 0 Å². The van der Waals surface area contributed by atoms with Crippen LogP contribution in [0, 0.1) is 0 Å².